The zero-order valence-electron chi connectivity index (χ0n) is 17.6. The van der Waals surface area contributed by atoms with Crippen LogP contribution in [0.2, 0.25) is 0 Å². The van der Waals surface area contributed by atoms with Crippen molar-refractivity contribution in [3.63, 3.8) is 0 Å². The van der Waals surface area contributed by atoms with Gasteiger partial charge in [-0.25, -0.2) is 0 Å². The molecule has 26 heavy (non-hydrogen) atoms. The van der Waals surface area contributed by atoms with Crippen LogP contribution in [0.5, 0.6) is 0 Å². The summed E-state index contributed by atoms with van der Waals surface area (Å²) in [5.41, 5.74) is 17.6. The van der Waals surface area contributed by atoms with Gasteiger partial charge in [-0.2, -0.15) is 0 Å². The van der Waals surface area contributed by atoms with Crippen molar-refractivity contribution in [3.05, 3.63) is 71.1 Å². The Balaban J connectivity index is 5.12. The minimum atomic E-state index is 0.586. The van der Waals surface area contributed by atoms with Crippen LogP contribution in [-0.2, 0) is 0 Å². The molecule has 0 aromatic carbocycles. The molecule has 0 aliphatic heterocycles. The van der Waals surface area contributed by atoms with E-state index in [2.05, 4.69) is 65.5 Å². The van der Waals surface area contributed by atoms with Crippen LogP contribution in [-0.4, -0.2) is 0 Å². The third kappa shape index (κ3) is 9.50. The number of allylic oxidation sites excluding steroid dienone is 9. The molecular weight excluding hydrogens is 316 g/mol. The van der Waals surface area contributed by atoms with Gasteiger partial charge in [-0.3, -0.25) is 0 Å². The predicted molar refractivity (Wildman–Crippen MR) is 119 cm³/mol. The molecule has 0 radical (unpaired) electrons. The summed E-state index contributed by atoms with van der Waals surface area (Å²) in [6, 6.07) is 0. The van der Waals surface area contributed by atoms with E-state index < -0.39 is 0 Å². The van der Waals surface area contributed by atoms with Crippen molar-refractivity contribution in [1.82, 2.24) is 0 Å². The molecule has 2 heteroatoms. The zero-order chi connectivity index (χ0) is 19.9. The third-order valence-electron chi connectivity index (χ3n) is 4.67. The van der Waals surface area contributed by atoms with E-state index in [4.69, 9.17) is 11.5 Å². The molecule has 0 aromatic rings. The van der Waals surface area contributed by atoms with Gasteiger partial charge in [0.1, 0.15) is 0 Å². The lowest BCUT2D eigenvalue weighted by Crippen LogP contribution is -2.12. The van der Waals surface area contributed by atoms with Crippen LogP contribution < -0.4 is 11.5 Å². The molecule has 0 amide bonds. The third-order valence-corrected chi connectivity index (χ3v) is 4.67. The van der Waals surface area contributed by atoms with E-state index in [1.54, 1.807) is 0 Å². The van der Waals surface area contributed by atoms with E-state index in [0.717, 1.165) is 49.9 Å². The number of hydrogen-bond donors (Lipinski definition) is 2. The molecule has 0 bridgehead atoms. The summed E-state index contributed by atoms with van der Waals surface area (Å²) in [5, 5.41) is 0. The van der Waals surface area contributed by atoms with Crippen molar-refractivity contribution in [2.75, 3.05) is 0 Å². The highest BCUT2D eigenvalue weighted by Gasteiger charge is 2.04. The molecule has 1 atom stereocenters. The summed E-state index contributed by atoms with van der Waals surface area (Å²) in [7, 11) is 0. The Morgan fingerprint density at radius 3 is 2.31 bits per heavy atom. The van der Waals surface area contributed by atoms with Crippen LogP contribution in [0, 0.1) is 5.92 Å². The molecule has 146 valence electrons. The van der Waals surface area contributed by atoms with Crippen LogP contribution in [0.1, 0.15) is 73.1 Å². The van der Waals surface area contributed by atoms with E-state index in [9.17, 15) is 0 Å². The van der Waals surface area contributed by atoms with Gasteiger partial charge in [-0.05, 0) is 55.2 Å². The lowest BCUT2D eigenvalue weighted by molar-refractivity contribution is 0.698. The quantitative estimate of drug-likeness (QED) is 0.382. The van der Waals surface area contributed by atoms with Crippen molar-refractivity contribution in [1.29, 1.82) is 0 Å². The molecule has 0 fully saturated rings. The van der Waals surface area contributed by atoms with Gasteiger partial charge in [0.05, 0.1) is 11.4 Å². The number of rotatable bonds is 12. The van der Waals surface area contributed by atoms with Crippen LogP contribution in [0.3, 0.4) is 0 Å². The molecule has 4 N–H and O–H groups in total. The first-order valence-corrected chi connectivity index (χ1v) is 10.0. The molecule has 0 aliphatic rings. The summed E-state index contributed by atoms with van der Waals surface area (Å²) < 4.78 is 0. The van der Waals surface area contributed by atoms with Gasteiger partial charge in [-0.1, -0.05) is 83.6 Å². The standard InChI is InChI=1S/C24H40N2/c1-7-11-16-23(25)24(26)21(10-4)15-12-14-20(6)22(13-8-2)18-17-19(5)9-3/h8,13-14,16-19H,2,7,9-12,15,25-26H2,1,3-6H3/b18-17-,20-14+,22-13+,23-16-,24-21+. The Labute approximate surface area is 162 Å². The fraction of sp³-hybridized carbons (Fsp3) is 0.500. The minimum absolute atomic E-state index is 0.586. The monoisotopic (exact) mass is 356 g/mol. The zero-order valence-corrected chi connectivity index (χ0v) is 17.6. The van der Waals surface area contributed by atoms with Gasteiger partial charge in [0, 0.05) is 0 Å². The number of nitrogens with two attached hydrogens (primary N) is 2. The summed E-state index contributed by atoms with van der Waals surface area (Å²) >= 11 is 0. The Bertz CT molecular complexity index is 571. The molecule has 0 saturated carbocycles. The topological polar surface area (TPSA) is 52.0 Å². The van der Waals surface area contributed by atoms with Gasteiger partial charge in [0.25, 0.3) is 0 Å². The Hall–Kier alpha value is -1.96. The normalized spacial score (nSPS) is 16.0. The maximum atomic E-state index is 6.26. The maximum absolute atomic E-state index is 6.26. The second-order valence-electron chi connectivity index (χ2n) is 6.85. The first kappa shape index (κ1) is 24.0. The molecule has 0 saturated heterocycles. The summed E-state index contributed by atoms with van der Waals surface area (Å²) in [6.07, 6.45) is 18.8. The molecule has 0 heterocycles. The summed E-state index contributed by atoms with van der Waals surface area (Å²) in [5.74, 6) is 0.586. The first-order chi connectivity index (χ1) is 12.4. The van der Waals surface area contributed by atoms with Gasteiger partial charge in [-0.15, -0.1) is 0 Å². The Kier molecular flexibility index (Phi) is 13.2. The molecule has 0 rings (SSSR count). The van der Waals surface area contributed by atoms with Crippen molar-refractivity contribution in [3.8, 4) is 0 Å². The second-order valence-corrected chi connectivity index (χ2v) is 6.85. The average Bonchev–Trinajstić information content (AvgIpc) is 2.65. The summed E-state index contributed by atoms with van der Waals surface area (Å²) in [6.45, 7) is 14.7. The van der Waals surface area contributed by atoms with E-state index in [-0.39, 0.29) is 0 Å². The van der Waals surface area contributed by atoms with Crippen LogP contribution >= 0.6 is 0 Å². The Morgan fingerprint density at radius 1 is 1.08 bits per heavy atom. The van der Waals surface area contributed by atoms with Crippen molar-refractivity contribution < 1.29 is 0 Å². The lowest BCUT2D eigenvalue weighted by atomic mass is 9.99. The van der Waals surface area contributed by atoms with Gasteiger partial charge >= 0.3 is 0 Å². The number of hydrogen-bond acceptors (Lipinski definition) is 2. The SMILES string of the molecule is C=C/C=C(\C=C/C(C)CC)C(/C)=C/CC/C(CC)=C(N)\C(N)=C\CCC. The van der Waals surface area contributed by atoms with E-state index in [1.807, 2.05) is 12.2 Å². The molecular formula is C24H40N2. The fourth-order valence-electron chi connectivity index (χ4n) is 2.55. The van der Waals surface area contributed by atoms with E-state index >= 15 is 0 Å². The molecule has 0 aromatic heterocycles. The lowest BCUT2D eigenvalue weighted by Gasteiger charge is -2.11. The van der Waals surface area contributed by atoms with E-state index in [0.29, 0.717) is 5.92 Å². The Morgan fingerprint density at radius 2 is 1.77 bits per heavy atom. The smallest absolute Gasteiger partial charge is 0.0536 e. The highest BCUT2D eigenvalue weighted by atomic mass is 14.7. The van der Waals surface area contributed by atoms with Crippen LogP contribution in [0.4, 0.5) is 0 Å². The minimum Gasteiger partial charge on any atom is -0.397 e. The molecule has 0 aliphatic carbocycles. The highest BCUT2D eigenvalue weighted by Crippen LogP contribution is 2.19. The second kappa shape index (κ2) is 14.2. The average molecular weight is 357 g/mol. The van der Waals surface area contributed by atoms with Crippen molar-refractivity contribution in [2.45, 2.75) is 73.1 Å². The van der Waals surface area contributed by atoms with Crippen LogP contribution in [0.25, 0.3) is 0 Å². The molecule has 1 unspecified atom stereocenters. The number of unbranched alkanes of at least 4 members (excludes halogenated alkanes) is 1. The predicted octanol–water partition coefficient (Wildman–Crippen LogP) is 6.69. The first-order valence-electron chi connectivity index (χ1n) is 10.0. The van der Waals surface area contributed by atoms with Gasteiger partial charge < -0.3 is 11.5 Å². The highest BCUT2D eigenvalue weighted by molar-refractivity contribution is 5.40. The fourth-order valence-corrected chi connectivity index (χ4v) is 2.55. The van der Waals surface area contributed by atoms with Gasteiger partial charge in [0.2, 0.25) is 0 Å². The van der Waals surface area contributed by atoms with E-state index in [1.165, 1.54) is 16.7 Å². The largest absolute Gasteiger partial charge is 0.397 e. The van der Waals surface area contributed by atoms with Gasteiger partial charge in [0.15, 0.2) is 0 Å². The van der Waals surface area contributed by atoms with Crippen molar-refractivity contribution >= 4 is 0 Å². The molecule has 2 nitrogen and oxygen atoms in total. The van der Waals surface area contributed by atoms with Crippen molar-refractivity contribution in [2.24, 2.45) is 17.4 Å². The summed E-state index contributed by atoms with van der Waals surface area (Å²) in [4.78, 5) is 0. The molecule has 0 spiro atoms. The van der Waals surface area contributed by atoms with Crippen LogP contribution in [0.15, 0.2) is 71.1 Å². The maximum Gasteiger partial charge on any atom is 0.0536 e.